The quantitative estimate of drug-likeness (QED) is 0.874. The van der Waals surface area contributed by atoms with Crippen LogP contribution in [0.25, 0.3) is 0 Å². The maximum atomic E-state index is 12.1. The van der Waals surface area contributed by atoms with E-state index in [4.69, 9.17) is 5.73 Å². The molecule has 1 aromatic rings. The summed E-state index contributed by atoms with van der Waals surface area (Å²) in [6.45, 7) is 4.26. The van der Waals surface area contributed by atoms with Crippen molar-refractivity contribution in [2.24, 2.45) is 11.7 Å². The predicted octanol–water partition coefficient (Wildman–Crippen LogP) is 1.95. The zero-order chi connectivity index (χ0) is 13.2. The second-order valence-electron chi connectivity index (χ2n) is 5.42. The summed E-state index contributed by atoms with van der Waals surface area (Å²) in [5, 5.41) is 12.4. The maximum Gasteiger partial charge on any atom is 0.246 e. The number of hydrogen-bond acceptors (Lipinski definition) is 5. The van der Waals surface area contributed by atoms with Crippen LogP contribution >= 0.6 is 11.3 Å². The molecule has 0 saturated heterocycles. The zero-order valence-corrected chi connectivity index (χ0v) is 11.7. The molecular weight excluding hydrogens is 248 g/mol. The highest BCUT2D eigenvalue weighted by Crippen LogP contribution is 2.29. The second-order valence-corrected chi connectivity index (χ2v) is 6.48. The molecule has 1 amide bonds. The van der Waals surface area contributed by atoms with Gasteiger partial charge in [-0.1, -0.05) is 38.0 Å². The van der Waals surface area contributed by atoms with E-state index in [0.29, 0.717) is 11.0 Å². The molecule has 2 rings (SSSR count). The van der Waals surface area contributed by atoms with Crippen molar-refractivity contribution in [2.75, 3.05) is 5.32 Å². The Hall–Kier alpha value is -1.01. The van der Waals surface area contributed by atoms with Gasteiger partial charge in [0.15, 0.2) is 0 Å². The van der Waals surface area contributed by atoms with Gasteiger partial charge in [-0.3, -0.25) is 10.1 Å². The molecule has 0 radical (unpaired) electrons. The van der Waals surface area contributed by atoms with Gasteiger partial charge in [0, 0.05) is 6.42 Å². The molecule has 0 spiro atoms. The van der Waals surface area contributed by atoms with Crippen molar-refractivity contribution in [3.63, 3.8) is 0 Å². The summed E-state index contributed by atoms with van der Waals surface area (Å²) in [6.07, 6.45) is 4.46. The van der Waals surface area contributed by atoms with Crippen molar-refractivity contribution in [1.82, 2.24) is 10.2 Å². The third-order valence-electron chi connectivity index (χ3n) is 3.22. The third-order valence-corrected chi connectivity index (χ3v) is 4.08. The number of carbonyl (C=O) groups excluding carboxylic acids is 1. The van der Waals surface area contributed by atoms with Crippen molar-refractivity contribution in [1.29, 1.82) is 0 Å². The Balaban J connectivity index is 1.96. The Morgan fingerprint density at radius 3 is 2.72 bits per heavy atom. The number of carbonyl (C=O) groups is 1. The maximum absolute atomic E-state index is 12.1. The summed E-state index contributed by atoms with van der Waals surface area (Å²) in [4.78, 5) is 12.1. The molecule has 1 aliphatic rings. The van der Waals surface area contributed by atoms with E-state index < -0.39 is 5.54 Å². The van der Waals surface area contributed by atoms with Gasteiger partial charge in [0.05, 0.1) is 5.54 Å². The van der Waals surface area contributed by atoms with Crippen molar-refractivity contribution < 1.29 is 4.79 Å². The first-order chi connectivity index (χ1) is 8.49. The number of rotatable bonds is 4. The third kappa shape index (κ3) is 3.05. The lowest BCUT2D eigenvalue weighted by Gasteiger charge is -2.20. The fourth-order valence-electron chi connectivity index (χ4n) is 2.19. The summed E-state index contributed by atoms with van der Waals surface area (Å²) >= 11 is 1.44. The first-order valence-corrected chi connectivity index (χ1v) is 7.24. The molecule has 1 heterocycles. The summed E-state index contributed by atoms with van der Waals surface area (Å²) in [5.41, 5.74) is 5.38. The van der Waals surface area contributed by atoms with Crippen LogP contribution < -0.4 is 11.1 Å². The van der Waals surface area contributed by atoms with E-state index in [1.807, 2.05) is 0 Å². The molecule has 0 bridgehead atoms. The number of nitrogens with two attached hydrogens (primary N) is 1. The number of hydrogen-bond donors (Lipinski definition) is 2. The van der Waals surface area contributed by atoms with Crippen LogP contribution in [0, 0.1) is 5.92 Å². The molecule has 0 aromatic carbocycles. The molecule has 1 saturated carbocycles. The Labute approximate surface area is 111 Å². The largest absolute Gasteiger partial charge is 0.317 e. The monoisotopic (exact) mass is 268 g/mol. The van der Waals surface area contributed by atoms with E-state index in [2.05, 4.69) is 29.4 Å². The highest BCUT2D eigenvalue weighted by Gasteiger charge is 2.37. The Morgan fingerprint density at radius 1 is 1.44 bits per heavy atom. The van der Waals surface area contributed by atoms with Crippen molar-refractivity contribution in [3.8, 4) is 0 Å². The molecule has 0 aliphatic heterocycles. The van der Waals surface area contributed by atoms with Crippen LogP contribution in [-0.2, 0) is 11.2 Å². The molecule has 1 aromatic heterocycles. The van der Waals surface area contributed by atoms with Crippen molar-refractivity contribution in [2.45, 2.75) is 51.5 Å². The highest BCUT2D eigenvalue weighted by molar-refractivity contribution is 7.15. The minimum Gasteiger partial charge on any atom is -0.317 e. The van der Waals surface area contributed by atoms with E-state index in [9.17, 15) is 4.79 Å². The zero-order valence-electron chi connectivity index (χ0n) is 10.9. The lowest BCUT2D eigenvalue weighted by Crippen LogP contribution is -2.48. The Kier molecular flexibility index (Phi) is 3.97. The average Bonchev–Trinajstić information content (AvgIpc) is 2.88. The van der Waals surface area contributed by atoms with E-state index in [-0.39, 0.29) is 5.91 Å². The first-order valence-electron chi connectivity index (χ1n) is 6.42. The molecule has 6 heteroatoms. The van der Waals surface area contributed by atoms with E-state index >= 15 is 0 Å². The lowest BCUT2D eigenvalue weighted by molar-refractivity contribution is -0.121. The van der Waals surface area contributed by atoms with Crippen molar-refractivity contribution >= 4 is 22.4 Å². The van der Waals surface area contributed by atoms with Gasteiger partial charge in [0.1, 0.15) is 5.01 Å². The number of nitrogens with one attached hydrogen (secondary N) is 1. The predicted molar refractivity (Wildman–Crippen MR) is 72.5 cm³/mol. The van der Waals surface area contributed by atoms with Gasteiger partial charge in [-0.15, -0.1) is 10.2 Å². The van der Waals surface area contributed by atoms with Crippen LogP contribution in [0.4, 0.5) is 5.13 Å². The summed E-state index contributed by atoms with van der Waals surface area (Å²) in [5.74, 6) is 0.421. The molecule has 5 nitrogen and oxygen atoms in total. The minimum atomic E-state index is -0.704. The number of anilines is 1. The topological polar surface area (TPSA) is 80.9 Å². The van der Waals surface area contributed by atoms with E-state index in [1.54, 1.807) is 0 Å². The highest BCUT2D eigenvalue weighted by atomic mass is 32.1. The smallest absolute Gasteiger partial charge is 0.246 e. The summed E-state index contributed by atoms with van der Waals surface area (Å²) in [6, 6.07) is 0. The van der Waals surface area contributed by atoms with Gasteiger partial charge in [0.2, 0.25) is 11.0 Å². The molecule has 3 N–H and O–H groups in total. The van der Waals surface area contributed by atoms with E-state index in [0.717, 1.165) is 37.1 Å². The van der Waals surface area contributed by atoms with Gasteiger partial charge >= 0.3 is 0 Å². The Morgan fingerprint density at radius 2 is 2.11 bits per heavy atom. The van der Waals surface area contributed by atoms with Crippen LogP contribution in [0.15, 0.2) is 0 Å². The molecule has 1 aliphatic carbocycles. The van der Waals surface area contributed by atoms with Crippen molar-refractivity contribution in [3.05, 3.63) is 5.01 Å². The molecule has 0 atom stereocenters. The van der Waals surface area contributed by atoms with E-state index in [1.165, 1.54) is 11.3 Å². The standard InChI is InChI=1S/C12H20N4OS/c1-8(2)7-9-15-16-11(18-9)14-10(17)12(13)5-3-4-6-12/h8H,3-7,13H2,1-2H3,(H,14,16,17). The fourth-order valence-corrected chi connectivity index (χ4v) is 3.14. The minimum absolute atomic E-state index is 0.118. The number of nitrogens with zero attached hydrogens (tertiary/aromatic N) is 2. The van der Waals surface area contributed by atoms with Gasteiger partial charge in [-0.2, -0.15) is 0 Å². The van der Waals surface area contributed by atoms with Crippen LogP contribution in [0.2, 0.25) is 0 Å². The Bertz CT molecular complexity index is 423. The fraction of sp³-hybridized carbons (Fsp3) is 0.750. The van der Waals surface area contributed by atoms with Gasteiger partial charge in [0.25, 0.3) is 0 Å². The first kappa shape index (κ1) is 13.4. The molecule has 0 unspecified atom stereocenters. The van der Waals surface area contributed by atoms with Crippen LogP contribution in [0.3, 0.4) is 0 Å². The second kappa shape index (κ2) is 5.32. The van der Waals surface area contributed by atoms with Gasteiger partial charge in [-0.25, -0.2) is 0 Å². The van der Waals surface area contributed by atoms with Crippen LogP contribution in [-0.4, -0.2) is 21.6 Å². The number of aromatic nitrogens is 2. The van der Waals surface area contributed by atoms with Crippen LogP contribution in [0.5, 0.6) is 0 Å². The van der Waals surface area contributed by atoms with Gasteiger partial charge in [-0.05, 0) is 18.8 Å². The summed E-state index contributed by atoms with van der Waals surface area (Å²) in [7, 11) is 0. The number of amides is 1. The van der Waals surface area contributed by atoms with Gasteiger partial charge < -0.3 is 5.73 Å². The average molecular weight is 268 g/mol. The SMILES string of the molecule is CC(C)Cc1nnc(NC(=O)C2(N)CCCC2)s1. The molecule has 100 valence electrons. The molecular formula is C12H20N4OS. The lowest BCUT2D eigenvalue weighted by atomic mass is 9.98. The molecule has 18 heavy (non-hydrogen) atoms. The summed E-state index contributed by atoms with van der Waals surface area (Å²) < 4.78 is 0. The normalized spacial score (nSPS) is 18.2. The molecule has 1 fully saturated rings. The van der Waals surface area contributed by atoms with Crippen LogP contribution in [0.1, 0.15) is 44.5 Å².